The fourth-order valence-electron chi connectivity index (χ4n) is 3.19. The summed E-state index contributed by atoms with van der Waals surface area (Å²) in [4.78, 5) is 1.70. The van der Waals surface area contributed by atoms with E-state index < -0.39 is 21.8 Å². The highest BCUT2D eigenvalue weighted by Gasteiger charge is 2.34. The van der Waals surface area contributed by atoms with Crippen molar-refractivity contribution in [2.24, 2.45) is 7.05 Å². The lowest BCUT2D eigenvalue weighted by molar-refractivity contribution is -0.137. The van der Waals surface area contributed by atoms with Gasteiger partial charge in [0.05, 0.1) is 16.2 Å². The summed E-state index contributed by atoms with van der Waals surface area (Å²) in [6.07, 6.45) is -4.59. The second kappa shape index (κ2) is 7.66. The molecule has 0 N–H and O–H groups in total. The number of alkyl halides is 3. The number of rotatable bonds is 4. The highest BCUT2D eigenvalue weighted by atomic mass is 35.5. The summed E-state index contributed by atoms with van der Waals surface area (Å²) < 4.78 is 67.0. The van der Waals surface area contributed by atoms with Crippen molar-refractivity contribution in [1.82, 2.24) is 19.0 Å². The molecule has 0 radical (unpaired) electrons. The van der Waals surface area contributed by atoms with Gasteiger partial charge in [0.25, 0.3) is 0 Å². The third-order valence-electron chi connectivity index (χ3n) is 4.78. The quantitative estimate of drug-likeness (QED) is 0.739. The van der Waals surface area contributed by atoms with Gasteiger partial charge >= 0.3 is 6.18 Å². The van der Waals surface area contributed by atoms with E-state index in [0.29, 0.717) is 30.9 Å². The van der Waals surface area contributed by atoms with Crippen LogP contribution in [0.1, 0.15) is 16.8 Å². The van der Waals surface area contributed by atoms with Gasteiger partial charge < -0.3 is 0 Å². The first-order valence-corrected chi connectivity index (χ1v) is 10.4. The van der Waals surface area contributed by atoms with Crippen LogP contribution in [0.2, 0.25) is 5.15 Å². The van der Waals surface area contributed by atoms with E-state index in [1.54, 1.807) is 11.7 Å². The molecule has 0 saturated carbocycles. The summed E-state index contributed by atoms with van der Waals surface area (Å²) >= 11 is 6.24. The van der Waals surface area contributed by atoms with Crippen molar-refractivity contribution in [3.63, 3.8) is 0 Å². The SMILES string of the molecule is Cc1nn(C)c(Cl)c1CN1CCN(S(=O)(=O)c2cccc(C(F)(F)F)c2)CC1. The van der Waals surface area contributed by atoms with Crippen LogP contribution in [0.15, 0.2) is 29.2 Å². The third kappa shape index (κ3) is 4.19. The Labute approximate surface area is 166 Å². The van der Waals surface area contributed by atoms with Crippen LogP contribution in [-0.2, 0) is 29.8 Å². The largest absolute Gasteiger partial charge is 0.416 e. The molecule has 28 heavy (non-hydrogen) atoms. The maximum absolute atomic E-state index is 12.9. The van der Waals surface area contributed by atoms with Gasteiger partial charge in [0.15, 0.2) is 0 Å². The molecule has 0 aliphatic carbocycles. The molecule has 0 spiro atoms. The molecular weight excluding hydrogens is 417 g/mol. The number of piperazine rings is 1. The highest BCUT2D eigenvalue weighted by Crippen LogP contribution is 2.31. The van der Waals surface area contributed by atoms with Gasteiger partial charge in [-0.25, -0.2) is 8.42 Å². The first-order chi connectivity index (χ1) is 13.0. The lowest BCUT2D eigenvalue weighted by atomic mass is 10.2. The van der Waals surface area contributed by atoms with Crippen molar-refractivity contribution in [2.75, 3.05) is 26.2 Å². The standard InChI is InChI=1S/C17H20ClF3N4O2S/c1-12-15(16(18)23(2)22-12)11-24-6-8-25(9-7-24)28(26,27)14-5-3-4-13(10-14)17(19,20)21/h3-5,10H,6-9,11H2,1-2H3. The van der Waals surface area contributed by atoms with Crippen molar-refractivity contribution in [3.8, 4) is 0 Å². The van der Waals surface area contributed by atoms with E-state index in [2.05, 4.69) is 5.10 Å². The Morgan fingerprint density at radius 1 is 1.18 bits per heavy atom. The summed E-state index contributed by atoms with van der Waals surface area (Å²) in [5.41, 5.74) is 0.721. The maximum atomic E-state index is 12.9. The van der Waals surface area contributed by atoms with Crippen LogP contribution in [0.4, 0.5) is 13.2 Å². The second-order valence-electron chi connectivity index (χ2n) is 6.68. The minimum absolute atomic E-state index is 0.190. The fraction of sp³-hybridized carbons (Fsp3) is 0.471. The Hall–Kier alpha value is -1.62. The second-order valence-corrected chi connectivity index (χ2v) is 8.98. The summed E-state index contributed by atoms with van der Waals surface area (Å²) in [6.45, 7) is 3.67. The lowest BCUT2D eigenvalue weighted by Gasteiger charge is -2.34. The lowest BCUT2D eigenvalue weighted by Crippen LogP contribution is -2.48. The molecule has 11 heteroatoms. The molecule has 0 unspecified atom stereocenters. The number of hydrogen-bond acceptors (Lipinski definition) is 4. The van der Waals surface area contributed by atoms with Gasteiger partial charge in [-0.15, -0.1) is 0 Å². The predicted octanol–water partition coefficient (Wildman–Crippen LogP) is 2.91. The molecule has 1 aliphatic heterocycles. The molecule has 154 valence electrons. The minimum Gasteiger partial charge on any atom is -0.296 e. The molecule has 0 atom stereocenters. The van der Waals surface area contributed by atoms with Crippen LogP contribution < -0.4 is 0 Å². The number of aromatic nitrogens is 2. The van der Waals surface area contributed by atoms with E-state index in [1.807, 2.05) is 11.8 Å². The monoisotopic (exact) mass is 436 g/mol. The van der Waals surface area contributed by atoms with Gasteiger partial charge in [-0.2, -0.15) is 22.6 Å². The van der Waals surface area contributed by atoms with E-state index in [9.17, 15) is 21.6 Å². The predicted molar refractivity (Wildman–Crippen MR) is 98.4 cm³/mol. The van der Waals surface area contributed by atoms with Crippen LogP contribution in [0, 0.1) is 6.92 Å². The Bertz CT molecular complexity index is 967. The molecule has 0 bridgehead atoms. The first-order valence-electron chi connectivity index (χ1n) is 8.58. The number of nitrogens with zero attached hydrogens (tertiary/aromatic N) is 4. The van der Waals surface area contributed by atoms with Gasteiger partial charge in [-0.05, 0) is 25.1 Å². The summed E-state index contributed by atoms with van der Waals surface area (Å²) in [5.74, 6) is 0. The number of sulfonamides is 1. The number of hydrogen-bond donors (Lipinski definition) is 0. The first kappa shape index (κ1) is 21.1. The smallest absolute Gasteiger partial charge is 0.296 e. The molecule has 0 amide bonds. The van der Waals surface area contributed by atoms with Gasteiger partial charge in [0, 0.05) is 45.3 Å². The van der Waals surface area contributed by atoms with Crippen LogP contribution in [0.3, 0.4) is 0 Å². The number of benzene rings is 1. The number of halogens is 4. The molecule has 2 aromatic rings. The summed E-state index contributed by atoms with van der Waals surface area (Å²) in [7, 11) is -2.24. The Balaban J connectivity index is 1.70. The molecule has 1 aromatic carbocycles. The minimum atomic E-state index is -4.59. The van der Waals surface area contributed by atoms with E-state index in [-0.39, 0.29) is 18.0 Å². The van der Waals surface area contributed by atoms with E-state index in [0.717, 1.165) is 23.4 Å². The van der Waals surface area contributed by atoms with Crippen LogP contribution >= 0.6 is 11.6 Å². The van der Waals surface area contributed by atoms with Crippen molar-refractivity contribution >= 4 is 21.6 Å². The Morgan fingerprint density at radius 2 is 1.82 bits per heavy atom. The molecule has 3 rings (SSSR count). The number of aryl methyl sites for hydroxylation is 2. The van der Waals surface area contributed by atoms with Crippen LogP contribution in [0.5, 0.6) is 0 Å². The Morgan fingerprint density at radius 3 is 2.36 bits per heavy atom. The highest BCUT2D eigenvalue weighted by molar-refractivity contribution is 7.89. The van der Waals surface area contributed by atoms with Crippen molar-refractivity contribution in [3.05, 3.63) is 46.2 Å². The van der Waals surface area contributed by atoms with Crippen molar-refractivity contribution in [2.45, 2.75) is 24.5 Å². The summed E-state index contributed by atoms with van der Waals surface area (Å²) in [5, 5.41) is 4.80. The molecule has 1 aliphatic rings. The molecule has 1 aromatic heterocycles. The van der Waals surface area contributed by atoms with Gasteiger partial charge in [0.1, 0.15) is 5.15 Å². The van der Waals surface area contributed by atoms with Gasteiger partial charge in [-0.1, -0.05) is 17.7 Å². The van der Waals surface area contributed by atoms with Crippen LogP contribution in [-0.4, -0.2) is 53.6 Å². The summed E-state index contributed by atoms with van der Waals surface area (Å²) in [6, 6.07) is 3.84. The average Bonchev–Trinajstić information content (AvgIpc) is 2.88. The zero-order valence-electron chi connectivity index (χ0n) is 15.4. The van der Waals surface area contributed by atoms with Crippen molar-refractivity contribution < 1.29 is 21.6 Å². The topological polar surface area (TPSA) is 58.4 Å². The molecule has 2 heterocycles. The zero-order valence-corrected chi connectivity index (χ0v) is 16.9. The molecule has 1 saturated heterocycles. The average molecular weight is 437 g/mol. The van der Waals surface area contributed by atoms with E-state index in [1.165, 1.54) is 10.4 Å². The fourth-order valence-corrected chi connectivity index (χ4v) is 4.89. The maximum Gasteiger partial charge on any atom is 0.416 e. The van der Waals surface area contributed by atoms with Gasteiger partial charge in [0.2, 0.25) is 10.0 Å². The third-order valence-corrected chi connectivity index (χ3v) is 7.15. The van der Waals surface area contributed by atoms with Crippen molar-refractivity contribution in [1.29, 1.82) is 0 Å². The normalized spacial score (nSPS) is 17.2. The van der Waals surface area contributed by atoms with E-state index >= 15 is 0 Å². The molecular formula is C17H20ClF3N4O2S. The molecule has 6 nitrogen and oxygen atoms in total. The van der Waals surface area contributed by atoms with E-state index in [4.69, 9.17) is 11.6 Å². The Kier molecular flexibility index (Phi) is 5.77. The molecule has 1 fully saturated rings. The van der Waals surface area contributed by atoms with Crippen LogP contribution in [0.25, 0.3) is 0 Å². The van der Waals surface area contributed by atoms with Gasteiger partial charge in [-0.3, -0.25) is 9.58 Å². The zero-order chi connectivity index (χ0) is 20.7.